The summed E-state index contributed by atoms with van der Waals surface area (Å²) in [5.74, 6) is 0. The Hall–Kier alpha value is -3.26. The number of hydrogen-bond donors (Lipinski definition) is 0. The molecule has 2 heteroatoms. The molecule has 1 aromatic heterocycles. The number of para-hydroxylation sites is 1. The highest BCUT2D eigenvalue weighted by atomic mass is 14.8. The average Bonchev–Trinajstić information content (AvgIpc) is 2.84. The Balaban J connectivity index is 0.000000181. The molecule has 4 aromatic rings. The van der Waals surface area contributed by atoms with Gasteiger partial charge in [-0.1, -0.05) is 98.6 Å². The van der Waals surface area contributed by atoms with E-state index in [9.17, 15) is 0 Å². The van der Waals surface area contributed by atoms with Crippen LogP contribution in [0.3, 0.4) is 0 Å². The molecule has 0 saturated heterocycles. The quantitative estimate of drug-likeness (QED) is 0.374. The van der Waals surface area contributed by atoms with E-state index in [0.29, 0.717) is 0 Å². The third kappa shape index (κ3) is 4.18. The minimum atomic E-state index is 0.0581. The molecule has 0 aliphatic carbocycles. The topological polar surface area (TPSA) is 25.2 Å². The van der Waals surface area contributed by atoms with E-state index in [1.807, 2.05) is 36.7 Å². The Kier molecular flexibility index (Phi) is 6.34. The van der Waals surface area contributed by atoms with Gasteiger partial charge in [0.05, 0.1) is 12.1 Å². The number of unbranched alkanes of at least 4 members (excludes halogenated alkanes) is 1. The predicted octanol–water partition coefficient (Wildman–Crippen LogP) is 6.83. The molecule has 1 atom stereocenters. The summed E-state index contributed by atoms with van der Waals surface area (Å²) >= 11 is 0. The first-order valence-corrected chi connectivity index (χ1v) is 10.8. The summed E-state index contributed by atoms with van der Waals surface area (Å²) in [4.78, 5) is 8.86. The lowest BCUT2D eigenvalue weighted by atomic mass is 9.68. The minimum absolute atomic E-state index is 0.0581. The first kappa shape index (κ1) is 20.0. The van der Waals surface area contributed by atoms with Crippen LogP contribution in [-0.4, -0.2) is 17.7 Å². The number of aromatic nitrogens is 1. The minimum Gasteiger partial charge on any atom is -0.291 e. The van der Waals surface area contributed by atoms with E-state index in [2.05, 4.69) is 83.6 Å². The molecule has 1 unspecified atom stereocenters. The van der Waals surface area contributed by atoms with Crippen molar-refractivity contribution in [2.75, 3.05) is 6.54 Å². The maximum Gasteiger partial charge on any atom is 0.0701 e. The summed E-state index contributed by atoms with van der Waals surface area (Å²) < 4.78 is 0. The first-order chi connectivity index (χ1) is 14.8. The number of nitrogens with zero attached hydrogens (tertiary/aromatic N) is 2. The maximum absolute atomic E-state index is 4.68. The van der Waals surface area contributed by atoms with E-state index >= 15 is 0 Å². The maximum atomic E-state index is 4.68. The van der Waals surface area contributed by atoms with E-state index in [-0.39, 0.29) is 5.41 Å². The van der Waals surface area contributed by atoms with Gasteiger partial charge in [-0.05, 0) is 35.2 Å². The van der Waals surface area contributed by atoms with Gasteiger partial charge in [-0.15, -0.1) is 0 Å². The number of pyridine rings is 1. The van der Waals surface area contributed by atoms with Crippen LogP contribution in [0, 0.1) is 0 Å². The van der Waals surface area contributed by atoms with Crippen LogP contribution in [-0.2, 0) is 5.41 Å². The van der Waals surface area contributed by atoms with Crippen LogP contribution < -0.4 is 0 Å². The fraction of sp³-hybridized carbons (Fsp3) is 0.214. The largest absolute Gasteiger partial charge is 0.291 e. The summed E-state index contributed by atoms with van der Waals surface area (Å²) in [5.41, 5.74) is 5.24. The van der Waals surface area contributed by atoms with E-state index in [0.717, 1.165) is 12.1 Å². The first-order valence-electron chi connectivity index (χ1n) is 10.8. The van der Waals surface area contributed by atoms with Crippen LogP contribution in [0.15, 0.2) is 102 Å². The highest BCUT2D eigenvalue weighted by Crippen LogP contribution is 2.40. The van der Waals surface area contributed by atoms with Gasteiger partial charge in [-0.25, -0.2) is 0 Å². The van der Waals surface area contributed by atoms with Crippen molar-refractivity contribution >= 4 is 17.1 Å². The number of fused-ring (bicyclic) bond motifs is 2. The molecule has 3 aromatic carbocycles. The van der Waals surface area contributed by atoms with Crippen molar-refractivity contribution in [1.82, 2.24) is 4.98 Å². The summed E-state index contributed by atoms with van der Waals surface area (Å²) in [6.07, 6.45) is 7.46. The van der Waals surface area contributed by atoms with Gasteiger partial charge in [0.2, 0.25) is 0 Å². The number of rotatable bonds is 4. The lowest BCUT2D eigenvalue weighted by molar-refractivity contribution is 0.458. The van der Waals surface area contributed by atoms with Gasteiger partial charge < -0.3 is 0 Å². The van der Waals surface area contributed by atoms with Gasteiger partial charge in [-0.3, -0.25) is 9.98 Å². The van der Waals surface area contributed by atoms with Crippen molar-refractivity contribution in [3.05, 3.63) is 114 Å². The highest BCUT2D eigenvalue weighted by Gasteiger charge is 2.36. The third-order valence-electron chi connectivity index (χ3n) is 5.86. The third-order valence-corrected chi connectivity index (χ3v) is 5.86. The molecule has 0 radical (unpaired) electrons. The summed E-state index contributed by atoms with van der Waals surface area (Å²) in [6, 6.07) is 31.7. The van der Waals surface area contributed by atoms with E-state index in [4.69, 9.17) is 0 Å². The molecule has 30 heavy (non-hydrogen) atoms. The fourth-order valence-electron chi connectivity index (χ4n) is 4.29. The van der Waals surface area contributed by atoms with Crippen molar-refractivity contribution in [2.45, 2.75) is 31.6 Å². The van der Waals surface area contributed by atoms with Crippen molar-refractivity contribution in [3.8, 4) is 0 Å². The second-order valence-electron chi connectivity index (χ2n) is 7.80. The molecule has 5 rings (SSSR count). The smallest absolute Gasteiger partial charge is 0.0701 e. The molecule has 1 aliphatic rings. The Morgan fingerprint density at radius 1 is 0.800 bits per heavy atom. The molecule has 150 valence electrons. The van der Waals surface area contributed by atoms with Crippen molar-refractivity contribution < 1.29 is 0 Å². The molecule has 0 spiro atoms. The molecule has 0 saturated carbocycles. The molecule has 0 N–H and O–H groups in total. The monoisotopic (exact) mass is 392 g/mol. The molecule has 0 fully saturated rings. The standard InChI is InChI=1S/C19H21N.C9H7N/c1-2-3-13-19(17-10-5-4-6-11-17)15-20-14-16-9-7-8-12-18(16)19;1-2-6-9-8(4-1)5-3-7-10-9/h4-12,14H,2-3,13,15H2,1H3;1-7H. The predicted molar refractivity (Wildman–Crippen MR) is 127 cm³/mol. The summed E-state index contributed by atoms with van der Waals surface area (Å²) in [5, 5.41) is 1.20. The fourth-order valence-corrected chi connectivity index (χ4v) is 4.29. The molecule has 1 aliphatic heterocycles. The van der Waals surface area contributed by atoms with Gasteiger partial charge in [0.15, 0.2) is 0 Å². The van der Waals surface area contributed by atoms with Crippen LogP contribution in [0.2, 0.25) is 0 Å². The van der Waals surface area contributed by atoms with Crippen LogP contribution in [0.5, 0.6) is 0 Å². The second kappa shape index (κ2) is 9.49. The zero-order chi connectivity index (χ0) is 20.7. The Bertz CT molecular complexity index is 1050. The summed E-state index contributed by atoms with van der Waals surface area (Å²) in [6.45, 7) is 3.13. The molecule has 0 bridgehead atoms. The lowest BCUT2D eigenvalue weighted by Gasteiger charge is -2.37. The van der Waals surface area contributed by atoms with Crippen molar-refractivity contribution in [2.24, 2.45) is 4.99 Å². The summed E-state index contributed by atoms with van der Waals surface area (Å²) in [7, 11) is 0. The van der Waals surface area contributed by atoms with Crippen LogP contribution >= 0.6 is 0 Å². The number of aliphatic imine (C=N–C) groups is 1. The van der Waals surface area contributed by atoms with E-state index in [1.165, 1.54) is 41.3 Å². The van der Waals surface area contributed by atoms with Crippen molar-refractivity contribution in [1.29, 1.82) is 0 Å². The van der Waals surface area contributed by atoms with E-state index in [1.54, 1.807) is 0 Å². The lowest BCUT2D eigenvalue weighted by Crippen LogP contribution is -2.34. The van der Waals surface area contributed by atoms with Gasteiger partial charge in [0, 0.05) is 23.2 Å². The normalized spacial score (nSPS) is 17.1. The van der Waals surface area contributed by atoms with Crippen molar-refractivity contribution in [3.63, 3.8) is 0 Å². The zero-order valence-corrected chi connectivity index (χ0v) is 17.5. The van der Waals surface area contributed by atoms with Gasteiger partial charge in [0.25, 0.3) is 0 Å². The highest BCUT2D eigenvalue weighted by molar-refractivity contribution is 5.84. The average molecular weight is 393 g/mol. The zero-order valence-electron chi connectivity index (χ0n) is 17.5. The number of benzene rings is 3. The van der Waals surface area contributed by atoms with Gasteiger partial charge in [0.1, 0.15) is 0 Å². The van der Waals surface area contributed by atoms with Gasteiger partial charge >= 0.3 is 0 Å². The molecule has 2 heterocycles. The van der Waals surface area contributed by atoms with Gasteiger partial charge in [-0.2, -0.15) is 0 Å². The number of hydrogen-bond acceptors (Lipinski definition) is 2. The Morgan fingerprint density at radius 2 is 1.53 bits per heavy atom. The molecule has 2 nitrogen and oxygen atoms in total. The Morgan fingerprint density at radius 3 is 2.37 bits per heavy atom. The van der Waals surface area contributed by atoms with E-state index < -0.39 is 0 Å². The second-order valence-corrected chi connectivity index (χ2v) is 7.80. The molecular formula is C28H28N2. The SMILES string of the molecule is CCCCC1(c2ccccc2)CN=Cc2ccccc21.c1ccc2ncccc2c1. The van der Waals surface area contributed by atoms with Crippen LogP contribution in [0.1, 0.15) is 42.9 Å². The van der Waals surface area contributed by atoms with Crippen LogP contribution in [0.4, 0.5) is 0 Å². The molecule has 0 amide bonds. The Labute approximate surface area is 179 Å². The molecular weight excluding hydrogens is 364 g/mol. The van der Waals surface area contributed by atoms with Crippen LogP contribution in [0.25, 0.3) is 10.9 Å².